The number of allylic oxidation sites excluding steroid dienone is 21. The topological polar surface area (TPSA) is 69.6 Å². The number of aliphatic hydroxyl groups is 2. The molecular formula is C68H115NO3. The van der Waals surface area contributed by atoms with Crippen molar-refractivity contribution in [2.45, 2.75) is 283 Å². The van der Waals surface area contributed by atoms with E-state index in [9.17, 15) is 15.0 Å². The molecule has 0 aromatic heterocycles. The van der Waals surface area contributed by atoms with E-state index < -0.39 is 12.1 Å². The van der Waals surface area contributed by atoms with E-state index in [1.54, 1.807) is 6.08 Å². The number of unbranched alkanes of at least 4 members (excludes halogenated alkanes) is 27. The number of nitrogens with one attached hydrogen (secondary N) is 1. The van der Waals surface area contributed by atoms with E-state index in [1.165, 1.54) is 161 Å². The van der Waals surface area contributed by atoms with E-state index in [2.05, 4.69) is 141 Å². The molecule has 0 aromatic rings. The number of carbonyl (C=O) groups is 1. The molecule has 0 saturated carbocycles. The Kier molecular flexibility index (Phi) is 58.8. The van der Waals surface area contributed by atoms with Crippen LogP contribution in [0, 0.1) is 0 Å². The second-order valence-electron chi connectivity index (χ2n) is 20.0. The standard InChI is InChI=1S/C68H115NO3/c1-3-5-7-9-11-13-15-17-19-21-23-24-25-26-27-28-29-30-31-32-33-34-35-36-37-38-39-40-41-42-43-44-46-48-50-52-54-56-58-60-62-64-68(72)69-66(65-70)67(71)63-61-59-57-55-53-51-49-47-45-22-20-18-16-14-12-10-8-6-4-2/h5,7,11,13,17,19,23-24,26-27,29-30,32-33,35-36,38-39,41-42,61,63,66-67,70-71H,3-4,6,8-10,12,14-16,18,20-22,25,28,31,34,37,40,43-60,62,64-65H2,1-2H3,(H,69,72)/b7-5-,13-11-,19-17-,24-23-,27-26-,30-29-,33-32-,36-35-,39-38-,42-41-,63-61+. The maximum Gasteiger partial charge on any atom is 0.220 e. The lowest BCUT2D eigenvalue weighted by atomic mass is 10.0. The Morgan fingerprint density at radius 3 is 0.917 bits per heavy atom. The second-order valence-corrected chi connectivity index (χ2v) is 20.0. The first-order chi connectivity index (χ1) is 35.7. The van der Waals surface area contributed by atoms with Gasteiger partial charge in [-0.05, 0) is 96.3 Å². The van der Waals surface area contributed by atoms with Gasteiger partial charge in [-0.2, -0.15) is 0 Å². The summed E-state index contributed by atoms with van der Waals surface area (Å²) in [5.41, 5.74) is 0. The Balaban J connectivity index is 3.60. The summed E-state index contributed by atoms with van der Waals surface area (Å²) in [7, 11) is 0. The summed E-state index contributed by atoms with van der Waals surface area (Å²) in [6, 6.07) is -0.633. The molecule has 0 heterocycles. The lowest BCUT2D eigenvalue weighted by molar-refractivity contribution is -0.123. The molecule has 4 nitrogen and oxygen atoms in total. The van der Waals surface area contributed by atoms with E-state index in [0.717, 1.165) is 89.9 Å². The van der Waals surface area contributed by atoms with Crippen LogP contribution < -0.4 is 5.32 Å². The Morgan fingerprint density at radius 1 is 0.347 bits per heavy atom. The molecule has 0 saturated heterocycles. The Hall–Kier alpha value is -3.47. The maximum absolute atomic E-state index is 12.5. The SMILES string of the molecule is CC/C=C\C/C=C\C/C=C\C/C=C\C/C=C\C/C=C\C/C=C\C/C=C\C/C=C\C/C=C\CCCCCCCCCCCCC(=O)NC(CO)C(O)/C=C/CCCCCCCCCCCCCCCCCCC. The zero-order valence-electron chi connectivity index (χ0n) is 47.2. The van der Waals surface area contributed by atoms with Crippen LogP contribution in [0.25, 0.3) is 0 Å². The molecule has 0 aromatic carbocycles. The first-order valence-electron chi connectivity index (χ1n) is 30.4. The molecule has 0 rings (SSSR count). The van der Waals surface area contributed by atoms with Crippen molar-refractivity contribution in [2.24, 2.45) is 0 Å². The van der Waals surface area contributed by atoms with E-state index >= 15 is 0 Å². The lowest BCUT2D eigenvalue weighted by Gasteiger charge is -2.20. The van der Waals surface area contributed by atoms with E-state index in [-0.39, 0.29) is 12.5 Å². The number of aliphatic hydroxyl groups excluding tert-OH is 2. The zero-order valence-corrected chi connectivity index (χ0v) is 47.2. The molecule has 2 atom stereocenters. The van der Waals surface area contributed by atoms with Gasteiger partial charge >= 0.3 is 0 Å². The predicted molar refractivity (Wildman–Crippen MR) is 322 cm³/mol. The van der Waals surface area contributed by atoms with Crippen molar-refractivity contribution in [3.63, 3.8) is 0 Å². The van der Waals surface area contributed by atoms with Gasteiger partial charge in [0.1, 0.15) is 0 Å². The van der Waals surface area contributed by atoms with Crippen molar-refractivity contribution >= 4 is 5.91 Å². The van der Waals surface area contributed by atoms with Gasteiger partial charge < -0.3 is 15.5 Å². The second kappa shape index (κ2) is 61.8. The molecule has 0 bridgehead atoms. The van der Waals surface area contributed by atoms with Crippen LogP contribution in [0.1, 0.15) is 271 Å². The van der Waals surface area contributed by atoms with E-state index in [1.807, 2.05) is 6.08 Å². The predicted octanol–water partition coefficient (Wildman–Crippen LogP) is 20.6. The van der Waals surface area contributed by atoms with Crippen LogP contribution in [0.15, 0.2) is 134 Å². The quantitative estimate of drug-likeness (QED) is 0.0420. The smallest absolute Gasteiger partial charge is 0.220 e. The van der Waals surface area contributed by atoms with Crippen molar-refractivity contribution in [1.29, 1.82) is 0 Å². The molecule has 2 unspecified atom stereocenters. The fourth-order valence-corrected chi connectivity index (χ4v) is 8.56. The molecule has 0 aliphatic carbocycles. The van der Waals surface area contributed by atoms with Crippen LogP contribution in [0.3, 0.4) is 0 Å². The number of carbonyl (C=O) groups excluding carboxylic acids is 1. The number of rotatable bonds is 54. The molecular weight excluding hydrogens is 879 g/mol. The average molecular weight is 995 g/mol. The lowest BCUT2D eigenvalue weighted by Crippen LogP contribution is -2.45. The molecule has 1 amide bonds. The van der Waals surface area contributed by atoms with Crippen LogP contribution in [0.2, 0.25) is 0 Å². The fourth-order valence-electron chi connectivity index (χ4n) is 8.56. The summed E-state index contributed by atoms with van der Waals surface area (Å²) in [6.45, 7) is 4.20. The number of hydrogen-bond donors (Lipinski definition) is 3. The zero-order chi connectivity index (χ0) is 52.0. The maximum atomic E-state index is 12.5. The normalized spacial score (nSPS) is 13.8. The first kappa shape index (κ1) is 68.5. The van der Waals surface area contributed by atoms with Crippen molar-refractivity contribution in [2.75, 3.05) is 6.61 Å². The van der Waals surface area contributed by atoms with Gasteiger partial charge in [0.2, 0.25) is 5.91 Å². The summed E-state index contributed by atoms with van der Waals surface area (Å²) in [5.74, 6) is -0.0720. The van der Waals surface area contributed by atoms with E-state index in [4.69, 9.17) is 0 Å². The Bertz CT molecular complexity index is 1450. The minimum absolute atomic E-state index is 0.0720. The molecule has 410 valence electrons. The minimum Gasteiger partial charge on any atom is -0.394 e. The van der Waals surface area contributed by atoms with Crippen LogP contribution in [-0.2, 0) is 4.79 Å². The van der Waals surface area contributed by atoms with Gasteiger partial charge in [0.05, 0.1) is 18.8 Å². The van der Waals surface area contributed by atoms with Crippen molar-refractivity contribution < 1.29 is 15.0 Å². The van der Waals surface area contributed by atoms with Crippen molar-refractivity contribution in [3.05, 3.63) is 134 Å². The van der Waals surface area contributed by atoms with Crippen LogP contribution >= 0.6 is 0 Å². The third-order valence-electron chi connectivity index (χ3n) is 13.1. The first-order valence-corrected chi connectivity index (χ1v) is 30.4. The Labute approximate surface area is 447 Å². The fraction of sp³-hybridized carbons (Fsp3) is 0.662. The third-order valence-corrected chi connectivity index (χ3v) is 13.1. The van der Waals surface area contributed by atoms with Gasteiger partial charge in [0, 0.05) is 6.42 Å². The number of hydrogen-bond acceptors (Lipinski definition) is 3. The summed E-state index contributed by atoms with van der Waals surface area (Å²) in [4.78, 5) is 12.5. The highest BCUT2D eigenvalue weighted by molar-refractivity contribution is 5.76. The minimum atomic E-state index is -0.849. The molecule has 3 N–H and O–H groups in total. The third kappa shape index (κ3) is 57.4. The van der Waals surface area contributed by atoms with Crippen molar-refractivity contribution in [1.82, 2.24) is 5.32 Å². The Morgan fingerprint density at radius 2 is 0.611 bits per heavy atom. The van der Waals surface area contributed by atoms with Gasteiger partial charge in [0.15, 0.2) is 0 Å². The van der Waals surface area contributed by atoms with Crippen LogP contribution in [-0.4, -0.2) is 34.9 Å². The monoisotopic (exact) mass is 994 g/mol. The molecule has 0 aliphatic heterocycles. The summed E-state index contributed by atoms with van der Waals surface area (Å²) < 4.78 is 0. The van der Waals surface area contributed by atoms with Crippen molar-refractivity contribution in [3.8, 4) is 0 Å². The molecule has 0 spiro atoms. The summed E-state index contributed by atoms with van der Waals surface area (Å²) >= 11 is 0. The molecule has 0 aliphatic rings. The van der Waals surface area contributed by atoms with Gasteiger partial charge in [-0.15, -0.1) is 0 Å². The van der Waals surface area contributed by atoms with Gasteiger partial charge in [-0.3, -0.25) is 4.79 Å². The van der Waals surface area contributed by atoms with Crippen LogP contribution in [0.5, 0.6) is 0 Å². The average Bonchev–Trinajstić information content (AvgIpc) is 3.39. The van der Waals surface area contributed by atoms with Gasteiger partial charge in [-0.25, -0.2) is 0 Å². The summed E-state index contributed by atoms with van der Waals surface area (Å²) in [5, 5.41) is 23.2. The van der Waals surface area contributed by atoms with Crippen LogP contribution in [0.4, 0.5) is 0 Å². The molecule has 72 heavy (non-hydrogen) atoms. The molecule has 0 radical (unpaired) electrons. The molecule has 0 fully saturated rings. The van der Waals surface area contributed by atoms with E-state index in [0.29, 0.717) is 6.42 Å². The molecule has 4 heteroatoms. The highest BCUT2D eigenvalue weighted by atomic mass is 16.3. The highest BCUT2D eigenvalue weighted by Gasteiger charge is 2.18. The van der Waals surface area contributed by atoms with Gasteiger partial charge in [-0.1, -0.05) is 302 Å². The highest BCUT2D eigenvalue weighted by Crippen LogP contribution is 2.16. The summed E-state index contributed by atoms with van der Waals surface area (Å²) in [6.07, 6.45) is 96.2. The largest absolute Gasteiger partial charge is 0.394 e. The van der Waals surface area contributed by atoms with Gasteiger partial charge in [0.25, 0.3) is 0 Å². The number of amides is 1.